The summed E-state index contributed by atoms with van der Waals surface area (Å²) in [6, 6.07) is 0. The summed E-state index contributed by atoms with van der Waals surface area (Å²) in [7, 11) is 1.97. The third-order valence-corrected chi connectivity index (χ3v) is 4.23. The standard InChI is InChI=1S/C14H24N4O/c1-10-13(11(2)18-17-10)16-12(19)9-14(15-3)7-5-4-6-8-14/h15H,4-9H2,1-3H3,(H,16,19)(H,17,18). The van der Waals surface area contributed by atoms with Gasteiger partial charge in [0, 0.05) is 12.0 Å². The molecule has 0 atom stereocenters. The van der Waals surface area contributed by atoms with Crippen LogP contribution in [-0.2, 0) is 4.79 Å². The van der Waals surface area contributed by atoms with Gasteiger partial charge in [0.15, 0.2) is 0 Å². The molecule has 19 heavy (non-hydrogen) atoms. The van der Waals surface area contributed by atoms with Crippen molar-refractivity contribution in [1.29, 1.82) is 0 Å². The third-order valence-electron chi connectivity index (χ3n) is 4.23. The van der Waals surface area contributed by atoms with Crippen molar-refractivity contribution in [3.63, 3.8) is 0 Å². The second kappa shape index (κ2) is 5.74. The average Bonchev–Trinajstić information content (AvgIpc) is 2.71. The summed E-state index contributed by atoms with van der Waals surface area (Å²) in [5.41, 5.74) is 2.56. The molecule has 0 aliphatic heterocycles. The number of nitrogens with zero attached hydrogens (tertiary/aromatic N) is 1. The van der Waals surface area contributed by atoms with Gasteiger partial charge >= 0.3 is 0 Å². The number of H-pyrrole nitrogens is 1. The summed E-state index contributed by atoms with van der Waals surface area (Å²) in [6.07, 6.45) is 6.40. The predicted molar refractivity (Wildman–Crippen MR) is 76.2 cm³/mol. The molecule has 2 rings (SSSR count). The molecule has 0 bridgehead atoms. The highest BCUT2D eigenvalue weighted by atomic mass is 16.1. The minimum atomic E-state index is -0.0200. The van der Waals surface area contributed by atoms with Gasteiger partial charge in [0.25, 0.3) is 0 Å². The van der Waals surface area contributed by atoms with Crippen molar-refractivity contribution in [1.82, 2.24) is 15.5 Å². The van der Waals surface area contributed by atoms with Crippen LogP contribution in [-0.4, -0.2) is 28.7 Å². The zero-order chi connectivity index (χ0) is 13.9. The number of hydrogen-bond acceptors (Lipinski definition) is 3. The Labute approximate surface area is 114 Å². The van der Waals surface area contributed by atoms with Crippen LogP contribution in [0.25, 0.3) is 0 Å². The lowest BCUT2D eigenvalue weighted by molar-refractivity contribution is -0.117. The molecule has 0 saturated heterocycles. The second-order valence-corrected chi connectivity index (χ2v) is 5.62. The van der Waals surface area contributed by atoms with Gasteiger partial charge in [0.05, 0.1) is 17.1 Å². The fourth-order valence-corrected chi connectivity index (χ4v) is 2.97. The molecule has 5 heteroatoms. The fraction of sp³-hybridized carbons (Fsp3) is 0.714. The van der Waals surface area contributed by atoms with Crippen molar-refractivity contribution in [3.05, 3.63) is 11.4 Å². The molecule has 5 nitrogen and oxygen atoms in total. The Kier molecular flexibility index (Phi) is 4.24. The molecule has 0 aromatic carbocycles. The van der Waals surface area contributed by atoms with Gasteiger partial charge in [-0.25, -0.2) is 0 Å². The van der Waals surface area contributed by atoms with E-state index >= 15 is 0 Å². The van der Waals surface area contributed by atoms with Gasteiger partial charge in [0.1, 0.15) is 0 Å². The first kappa shape index (κ1) is 14.1. The number of amides is 1. The summed E-state index contributed by atoms with van der Waals surface area (Å²) in [5.74, 6) is 0.0730. The van der Waals surface area contributed by atoms with E-state index in [-0.39, 0.29) is 11.4 Å². The first-order valence-electron chi connectivity index (χ1n) is 7.07. The lowest BCUT2D eigenvalue weighted by Gasteiger charge is -2.36. The molecule has 1 aromatic heterocycles. The van der Waals surface area contributed by atoms with E-state index in [0.29, 0.717) is 6.42 Å². The Morgan fingerprint density at radius 1 is 1.32 bits per heavy atom. The van der Waals surface area contributed by atoms with E-state index in [0.717, 1.165) is 29.9 Å². The molecule has 1 fully saturated rings. The smallest absolute Gasteiger partial charge is 0.226 e. The summed E-state index contributed by atoms with van der Waals surface area (Å²) >= 11 is 0. The molecule has 1 amide bonds. The van der Waals surface area contributed by atoms with Crippen LogP contribution in [0.5, 0.6) is 0 Å². The molecule has 1 saturated carbocycles. The number of aryl methyl sites for hydroxylation is 2. The molecule has 0 unspecified atom stereocenters. The topological polar surface area (TPSA) is 69.8 Å². The summed E-state index contributed by atoms with van der Waals surface area (Å²) in [4.78, 5) is 12.3. The quantitative estimate of drug-likeness (QED) is 0.781. The zero-order valence-electron chi connectivity index (χ0n) is 12.1. The summed E-state index contributed by atoms with van der Waals surface area (Å²) in [5, 5.41) is 13.4. The third kappa shape index (κ3) is 3.15. The number of aromatic nitrogens is 2. The molecule has 106 valence electrons. The van der Waals surface area contributed by atoms with E-state index in [1.807, 2.05) is 20.9 Å². The predicted octanol–water partition coefficient (Wildman–Crippen LogP) is 2.28. The monoisotopic (exact) mass is 264 g/mol. The van der Waals surface area contributed by atoms with Crippen LogP contribution in [0.2, 0.25) is 0 Å². The first-order chi connectivity index (χ1) is 9.06. The molecule has 1 aliphatic rings. The SMILES string of the molecule is CNC1(CC(=O)Nc2c(C)n[nH]c2C)CCCCC1. The van der Waals surface area contributed by atoms with Gasteiger partial charge in [-0.2, -0.15) is 5.10 Å². The zero-order valence-corrected chi connectivity index (χ0v) is 12.1. The van der Waals surface area contributed by atoms with Gasteiger partial charge in [-0.15, -0.1) is 0 Å². The first-order valence-corrected chi connectivity index (χ1v) is 7.07. The summed E-state index contributed by atoms with van der Waals surface area (Å²) in [6.45, 7) is 3.82. The van der Waals surface area contributed by atoms with Crippen molar-refractivity contribution in [2.24, 2.45) is 0 Å². The normalized spacial score (nSPS) is 18.3. The minimum Gasteiger partial charge on any atom is -0.323 e. The Balaban J connectivity index is 2.00. The van der Waals surface area contributed by atoms with Crippen molar-refractivity contribution in [2.45, 2.75) is 57.9 Å². The number of aromatic amines is 1. The van der Waals surface area contributed by atoms with E-state index < -0.39 is 0 Å². The Hall–Kier alpha value is -1.36. The molecular weight excluding hydrogens is 240 g/mol. The highest BCUT2D eigenvalue weighted by molar-refractivity contribution is 5.92. The molecule has 3 N–H and O–H groups in total. The van der Waals surface area contributed by atoms with E-state index in [4.69, 9.17) is 0 Å². The lowest BCUT2D eigenvalue weighted by atomic mass is 9.79. The Morgan fingerprint density at radius 3 is 2.53 bits per heavy atom. The summed E-state index contributed by atoms with van der Waals surface area (Å²) < 4.78 is 0. The maximum Gasteiger partial charge on any atom is 0.226 e. The molecule has 0 radical (unpaired) electrons. The molecule has 1 heterocycles. The van der Waals surface area contributed by atoms with Crippen LogP contribution in [0, 0.1) is 13.8 Å². The second-order valence-electron chi connectivity index (χ2n) is 5.62. The highest BCUT2D eigenvalue weighted by Crippen LogP contribution is 2.31. The van der Waals surface area contributed by atoms with Gasteiger partial charge in [-0.3, -0.25) is 9.89 Å². The lowest BCUT2D eigenvalue weighted by Crippen LogP contribution is -2.47. The van der Waals surface area contributed by atoms with Crippen LogP contribution in [0.3, 0.4) is 0 Å². The van der Waals surface area contributed by atoms with Gasteiger partial charge < -0.3 is 10.6 Å². The minimum absolute atomic E-state index is 0.0200. The largest absolute Gasteiger partial charge is 0.323 e. The number of carbonyl (C=O) groups is 1. The van der Waals surface area contributed by atoms with Gasteiger partial charge in [0.2, 0.25) is 5.91 Å². The average molecular weight is 264 g/mol. The molecular formula is C14H24N4O. The van der Waals surface area contributed by atoms with E-state index in [9.17, 15) is 4.79 Å². The molecule has 1 aromatic rings. The van der Waals surface area contributed by atoms with Gasteiger partial charge in [-0.1, -0.05) is 19.3 Å². The van der Waals surface area contributed by atoms with Crippen LogP contribution in [0.4, 0.5) is 5.69 Å². The number of rotatable bonds is 4. The molecule has 1 aliphatic carbocycles. The van der Waals surface area contributed by atoms with Crippen LogP contribution < -0.4 is 10.6 Å². The number of hydrogen-bond donors (Lipinski definition) is 3. The number of carbonyl (C=O) groups excluding carboxylic acids is 1. The van der Waals surface area contributed by atoms with Crippen LogP contribution in [0.15, 0.2) is 0 Å². The van der Waals surface area contributed by atoms with E-state index in [1.54, 1.807) is 0 Å². The van der Waals surface area contributed by atoms with Crippen molar-refractivity contribution in [3.8, 4) is 0 Å². The van der Waals surface area contributed by atoms with E-state index in [2.05, 4.69) is 20.8 Å². The van der Waals surface area contributed by atoms with Gasteiger partial charge in [-0.05, 0) is 33.7 Å². The van der Waals surface area contributed by atoms with E-state index in [1.165, 1.54) is 19.3 Å². The Morgan fingerprint density at radius 2 is 2.00 bits per heavy atom. The fourth-order valence-electron chi connectivity index (χ4n) is 2.97. The highest BCUT2D eigenvalue weighted by Gasteiger charge is 2.32. The van der Waals surface area contributed by atoms with Crippen LogP contribution >= 0.6 is 0 Å². The number of nitrogens with one attached hydrogen (secondary N) is 3. The maximum absolute atomic E-state index is 12.3. The molecule has 0 spiro atoms. The van der Waals surface area contributed by atoms with Crippen molar-refractivity contribution >= 4 is 11.6 Å². The van der Waals surface area contributed by atoms with Crippen molar-refractivity contribution < 1.29 is 4.79 Å². The van der Waals surface area contributed by atoms with Crippen molar-refractivity contribution in [2.75, 3.05) is 12.4 Å². The van der Waals surface area contributed by atoms with Crippen LogP contribution in [0.1, 0.15) is 49.9 Å². The maximum atomic E-state index is 12.3. The Bertz CT molecular complexity index is 427. The number of anilines is 1.